The zero-order valence-electron chi connectivity index (χ0n) is 21.6. The van der Waals surface area contributed by atoms with Crippen LogP contribution >= 0.6 is 46.4 Å². The van der Waals surface area contributed by atoms with Gasteiger partial charge in [-0.05, 0) is 43.2 Å². The number of nitrogens with zero attached hydrogens (tertiary/aromatic N) is 2. The van der Waals surface area contributed by atoms with Crippen LogP contribution in [-0.4, -0.2) is 59.0 Å². The van der Waals surface area contributed by atoms with Crippen molar-refractivity contribution < 1.29 is 41.4 Å². The zero-order valence-corrected chi connectivity index (χ0v) is 24.6. The predicted molar refractivity (Wildman–Crippen MR) is 148 cm³/mol. The van der Waals surface area contributed by atoms with Crippen LogP contribution in [0.2, 0.25) is 20.1 Å². The van der Waals surface area contributed by atoms with E-state index in [2.05, 4.69) is 5.32 Å². The average molecular weight is 687 g/mol. The van der Waals surface area contributed by atoms with Crippen molar-refractivity contribution in [1.82, 2.24) is 4.90 Å². The number of halogens is 9. The third-order valence-electron chi connectivity index (χ3n) is 8.93. The highest BCUT2D eigenvalue weighted by molar-refractivity contribution is 6.38. The highest BCUT2D eigenvalue weighted by Gasteiger charge is 2.75. The van der Waals surface area contributed by atoms with Crippen LogP contribution < -0.4 is 10.2 Å². The van der Waals surface area contributed by atoms with Crippen molar-refractivity contribution in [1.29, 1.82) is 0 Å². The van der Waals surface area contributed by atoms with Crippen LogP contribution in [0.4, 0.5) is 33.3 Å². The maximum Gasteiger partial charge on any atom is 0.396 e. The van der Waals surface area contributed by atoms with E-state index in [1.54, 1.807) is 0 Å². The summed E-state index contributed by atoms with van der Waals surface area (Å²) in [6.45, 7) is -2.04. The molecule has 2 saturated heterocycles. The molecule has 2 amide bonds. The molecule has 6 rings (SSSR count). The first-order chi connectivity index (χ1) is 19.9. The Morgan fingerprint density at radius 1 is 1.02 bits per heavy atom. The summed E-state index contributed by atoms with van der Waals surface area (Å²) in [4.78, 5) is 43.0. The fraction of sp³-hybridized carbons (Fsp3) is 0.444. The molecule has 3 aliphatic heterocycles. The number of alkyl halides is 5. The van der Waals surface area contributed by atoms with Crippen LogP contribution in [0.5, 0.6) is 0 Å². The largest absolute Gasteiger partial charge is 0.481 e. The Kier molecular flexibility index (Phi) is 6.99. The summed E-state index contributed by atoms with van der Waals surface area (Å²) < 4.78 is 72.7. The second-order valence-corrected chi connectivity index (χ2v) is 13.2. The summed E-state index contributed by atoms with van der Waals surface area (Å²) in [7, 11) is 0. The molecular weight excluding hydrogens is 667 g/mol. The monoisotopic (exact) mass is 685 g/mol. The van der Waals surface area contributed by atoms with Crippen molar-refractivity contribution >= 4 is 75.6 Å². The van der Waals surface area contributed by atoms with Gasteiger partial charge in [0.25, 0.3) is 11.8 Å². The Hall–Kier alpha value is -2.38. The van der Waals surface area contributed by atoms with Gasteiger partial charge in [-0.2, -0.15) is 13.2 Å². The number of hydrogen-bond acceptors (Lipinski definition) is 4. The Morgan fingerprint density at radius 2 is 1.63 bits per heavy atom. The van der Waals surface area contributed by atoms with Gasteiger partial charge < -0.3 is 15.3 Å². The number of fused-ring (bicyclic) bond motifs is 4. The molecule has 0 unspecified atom stereocenters. The molecule has 2 aromatic carbocycles. The summed E-state index contributed by atoms with van der Waals surface area (Å²) in [6, 6.07) is 4.56. The lowest BCUT2D eigenvalue weighted by atomic mass is 9.73. The number of hydrogen-bond donors (Lipinski definition) is 2. The number of benzene rings is 2. The minimum Gasteiger partial charge on any atom is -0.481 e. The number of rotatable bonds is 5. The van der Waals surface area contributed by atoms with E-state index in [1.807, 2.05) is 0 Å². The Labute approximate surface area is 260 Å². The van der Waals surface area contributed by atoms with E-state index in [9.17, 15) is 32.7 Å². The summed E-state index contributed by atoms with van der Waals surface area (Å²) in [5.74, 6) is -11.3. The minimum atomic E-state index is -4.73. The van der Waals surface area contributed by atoms with E-state index in [0.717, 1.165) is 4.90 Å². The predicted octanol–water partition coefficient (Wildman–Crippen LogP) is 6.86. The molecule has 1 saturated carbocycles. The summed E-state index contributed by atoms with van der Waals surface area (Å²) in [5.41, 5.74) is -5.05. The molecule has 3 heterocycles. The van der Waals surface area contributed by atoms with Gasteiger partial charge in [0.15, 0.2) is 0 Å². The van der Waals surface area contributed by atoms with Crippen LogP contribution in [0.15, 0.2) is 30.3 Å². The lowest BCUT2D eigenvalue weighted by Gasteiger charge is -2.36. The molecular formula is C27H20Cl4F5N3O4. The number of carbonyl (C=O) groups is 3. The second kappa shape index (κ2) is 9.81. The molecule has 3 fully saturated rings. The molecule has 0 radical (unpaired) electrons. The quantitative estimate of drug-likeness (QED) is 0.336. The fourth-order valence-electron chi connectivity index (χ4n) is 6.94. The van der Waals surface area contributed by atoms with E-state index in [4.69, 9.17) is 46.4 Å². The lowest BCUT2D eigenvalue weighted by Crippen LogP contribution is -2.54. The molecule has 0 bridgehead atoms. The smallest absolute Gasteiger partial charge is 0.396 e. The molecule has 0 aromatic heterocycles. The van der Waals surface area contributed by atoms with E-state index < -0.39 is 78.2 Å². The Bertz CT molecular complexity index is 1570. The molecule has 16 heteroatoms. The number of amides is 2. The van der Waals surface area contributed by atoms with Gasteiger partial charge in [-0.1, -0.05) is 46.4 Å². The van der Waals surface area contributed by atoms with Crippen LogP contribution in [0, 0.1) is 17.3 Å². The number of carbonyl (C=O) groups excluding carboxylic acids is 2. The van der Waals surface area contributed by atoms with Gasteiger partial charge in [0, 0.05) is 45.3 Å². The molecule has 43 heavy (non-hydrogen) atoms. The molecule has 7 nitrogen and oxygen atoms in total. The van der Waals surface area contributed by atoms with Crippen LogP contribution in [0.25, 0.3) is 0 Å². The first-order valence-corrected chi connectivity index (χ1v) is 14.5. The molecule has 2 N–H and O–H groups in total. The van der Waals surface area contributed by atoms with E-state index in [0.29, 0.717) is 4.90 Å². The number of carboxylic acid groups (broad SMARTS) is 1. The maximum absolute atomic E-state index is 15.1. The first-order valence-electron chi connectivity index (χ1n) is 12.9. The lowest BCUT2D eigenvalue weighted by molar-refractivity contribution is -0.184. The van der Waals surface area contributed by atoms with Gasteiger partial charge in [0.1, 0.15) is 11.5 Å². The maximum atomic E-state index is 15.1. The standard InChI is InChI=1S/C27H20Cl4F5N3O4/c28-11-3-12(29)5-14(4-11)38(9-24(1-2-24)27(34,35)36)21(40)18-17-8-25(32,33)10-39(17)26(19(18)22(41)42)15-6-13(30)7-16(31)20(15)37-23(26)43/h3-7,17-19H,1-2,8-10H2,(H,37,43)(H,41,42)/t17-,18+,19-,26+/m1/s1. The van der Waals surface area contributed by atoms with Crippen molar-refractivity contribution in [3.63, 3.8) is 0 Å². The van der Waals surface area contributed by atoms with Crippen molar-refractivity contribution in [3.8, 4) is 0 Å². The third kappa shape index (κ3) is 4.58. The highest BCUT2D eigenvalue weighted by atomic mass is 35.5. The summed E-state index contributed by atoms with van der Waals surface area (Å²) in [5, 5.41) is 12.9. The number of anilines is 2. The van der Waals surface area contributed by atoms with Crippen LogP contribution in [-0.2, 0) is 19.9 Å². The highest BCUT2D eigenvalue weighted by Crippen LogP contribution is 2.62. The molecule has 2 aromatic rings. The van der Waals surface area contributed by atoms with Gasteiger partial charge in [0.05, 0.1) is 28.6 Å². The molecule has 1 aliphatic carbocycles. The number of nitrogens with one attached hydrogen (secondary N) is 1. The topological polar surface area (TPSA) is 90.0 Å². The molecule has 4 atom stereocenters. The van der Waals surface area contributed by atoms with Gasteiger partial charge in [-0.3, -0.25) is 19.3 Å². The van der Waals surface area contributed by atoms with Crippen molar-refractivity contribution in [2.45, 2.75) is 42.9 Å². The molecule has 1 spiro atoms. The third-order valence-corrected chi connectivity index (χ3v) is 9.88. The minimum absolute atomic E-state index is 0.0303. The van der Waals surface area contributed by atoms with E-state index in [1.165, 1.54) is 30.3 Å². The van der Waals surface area contributed by atoms with Gasteiger partial charge in [-0.15, -0.1) is 0 Å². The van der Waals surface area contributed by atoms with Crippen molar-refractivity contribution in [2.75, 3.05) is 23.3 Å². The van der Waals surface area contributed by atoms with Crippen LogP contribution in [0.1, 0.15) is 24.8 Å². The number of carboxylic acids is 1. The zero-order chi connectivity index (χ0) is 31.4. The Morgan fingerprint density at radius 3 is 2.19 bits per heavy atom. The second-order valence-electron chi connectivity index (χ2n) is 11.5. The Balaban J connectivity index is 1.55. The molecule has 230 valence electrons. The van der Waals surface area contributed by atoms with E-state index in [-0.39, 0.29) is 49.9 Å². The normalized spacial score (nSPS) is 28.5. The SMILES string of the molecule is O=C(O)[C@H]1[C@@H](C(=O)N(CC2(C(F)(F)F)CC2)c2cc(Cl)cc(Cl)c2)[C@H]2CC(F)(F)CN2[C@]12C(=O)Nc1c(Cl)cc(Cl)cc12. The van der Waals surface area contributed by atoms with Gasteiger partial charge in [0.2, 0.25) is 5.91 Å². The van der Waals surface area contributed by atoms with Crippen molar-refractivity contribution in [3.05, 3.63) is 56.0 Å². The van der Waals surface area contributed by atoms with Gasteiger partial charge >= 0.3 is 12.1 Å². The van der Waals surface area contributed by atoms with Crippen LogP contribution in [0.3, 0.4) is 0 Å². The van der Waals surface area contributed by atoms with Gasteiger partial charge in [-0.25, -0.2) is 8.78 Å². The number of aliphatic carboxylic acids is 1. The first kappa shape index (κ1) is 30.6. The molecule has 4 aliphatic rings. The van der Waals surface area contributed by atoms with E-state index >= 15 is 8.78 Å². The summed E-state index contributed by atoms with van der Waals surface area (Å²) in [6.07, 6.45) is -6.39. The van der Waals surface area contributed by atoms with Crippen molar-refractivity contribution in [2.24, 2.45) is 17.3 Å². The average Bonchev–Trinajstić information content (AvgIpc) is 3.44. The fourth-order valence-corrected chi connectivity index (χ4v) is 7.99. The summed E-state index contributed by atoms with van der Waals surface area (Å²) >= 11 is 24.7.